The summed E-state index contributed by atoms with van der Waals surface area (Å²) in [5, 5.41) is 0. The summed E-state index contributed by atoms with van der Waals surface area (Å²) in [7, 11) is -1.52. The molecule has 1 aliphatic carbocycles. The van der Waals surface area contributed by atoms with Crippen LogP contribution in [0.5, 0.6) is 0 Å². The van der Waals surface area contributed by atoms with Gasteiger partial charge in [0.15, 0.2) is 9.84 Å². The smallest absolute Gasteiger partial charge is 0.253 e. The van der Waals surface area contributed by atoms with Crippen LogP contribution < -0.4 is 0 Å². The number of rotatable bonds is 5. The van der Waals surface area contributed by atoms with E-state index in [1.54, 1.807) is 37.1 Å². The highest BCUT2D eigenvalue weighted by Crippen LogP contribution is 2.44. The number of benzene rings is 2. The van der Waals surface area contributed by atoms with E-state index >= 15 is 0 Å². The predicted molar refractivity (Wildman–Crippen MR) is 93.9 cm³/mol. The van der Waals surface area contributed by atoms with Crippen LogP contribution in [0.3, 0.4) is 0 Å². The Morgan fingerprint density at radius 3 is 2.50 bits per heavy atom. The van der Waals surface area contributed by atoms with Gasteiger partial charge in [-0.3, -0.25) is 4.79 Å². The minimum Gasteiger partial charge on any atom is -0.338 e. The van der Waals surface area contributed by atoms with Gasteiger partial charge in [-0.25, -0.2) is 8.42 Å². The molecule has 0 N–H and O–H groups in total. The summed E-state index contributed by atoms with van der Waals surface area (Å²) in [5.41, 5.74) is 1.66. The van der Waals surface area contributed by atoms with Crippen LogP contribution in [0.15, 0.2) is 59.5 Å². The average molecular weight is 343 g/mol. The van der Waals surface area contributed by atoms with Crippen LogP contribution in [0.4, 0.5) is 0 Å². The van der Waals surface area contributed by atoms with Crippen LogP contribution >= 0.6 is 0 Å². The Kier molecular flexibility index (Phi) is 4.45. The van der Waals surface area contributed by atoms with Gasteiger partial charge in [0.1, 0.15) is 0 Å². The topological polar surface area (TPSA) is 54.5 Å². The van der Waals surface area contributed by atoms with Gasteiger partial charge >= 0.3 is 0 Å². The third-order valence-electron chi connectivity index (χ3n) is 4.62. The summed E-state index contributed by atoms with van der Waals surface area (Å²) in [6.07, 6.45) is 0.944. The highest BCUT2D eigenvalue weighted by molar-refractivity contribution is 7.91. The van der Waals surface area contributed by atoms with Crippen molar-refractivity contribution in [2.75, 3.05) is 12.8 Å². The monoisotopic (exact) mass is 343 g/mol. The molecule has 2 aromatic carbocycles. The molecule has 2 aromatic rings. The Labute approximate surface area is 143 Å². The Hall–Kier alpha value is -2.14. The Morgan fingerprint density at radius 1 is 1.12 bits per heavy atom. The third kappa shape index (κ3) is 3.22. The fourth-order valence-corrected chi connectivity index (χ4v) is 3.94. The fourth-order valence-electron chi connectivity index (χ4n) is 3.01. The molecule has 0 heterocycles. The van der Waals surface area contributed by atoms with Gasteiger partial charge in [0.05, 0.1) is 10.6 Å². The highest BCUT2D eigenvalue weighted by atomic mass is 32.2. The van der Waals surface area contributed by atoms with Gasteiger partial charge < -0.3 is 4.90 Å². The van der Waals surface area contributed by atoms with Crippen LogP contribution in [0.25, 0.3) is 0 Å². The molecule has 0 unspecified atom stereocenters. The molecule has 2 atom stereocenters. The summed E-state index contributed by atoms with van der Waals surface area (Å²) in [6, 6.07) is 16.7. The van der Waals surface area contributed by atoms with E-state index in [1.165, 1.54) is 11.6 Å². The molecule has 1 saturated carbocycles. The van der Waals surface area contributed by atoms with Crippen molar-refractivity contribution in [2.45, 2.75) is 30.2 Å². The molecular formula is C19H21NO3S. The summed E-state index contributed by atoms with van der Waals surface area (Å²) in [4.78, 5) is 14.6. The van der Waals surface area contributed by atoms with Gasteiger partial charge in [0, 0.05) is 24.6 Å². The second-order valence-electron chi connectivity index (χ2n) is 6.17. The maximum Gasteiger partial charge on any atom is 0.253 e. The largest absolute Gasteiger partial charge is 0.338 e. The lowest BCUT2D eigenvalue weighted by atomic mass is 10.1. The Balaban J connectivity index is 1.77. The normalized spacial score (nSPS) is 19.8. The molecule has 0 bridgehead atoms. The summed E-state index contributed by atoms with van der Waals surface area (Å²) in [5.74, 6) is 0.258. The zero-order chi connectivity index (χ0) is 17.3. The minimum atomic E-state index is -3.31. The van der Waals surface area contributed by atoms with Gasteiger partial charge in [-0.1, -0.05) is 43.3 Å². The van der Waals surface area contributed by atoms with E-state index in [-0.39, 0.29) is 22.6 Å². The van der Waals surface area contributed by atoms with Crippen molar-refractivity contribution in [3.05, 3.63) is 65.7 Å². The van der Waals surface area contributed by atoms with Gasteiger partial charge in [-0.2, -0.15) is 0 Å². The number of carbonyl (C=O) groups excluding carboxylic acids is 1. The summed E-state index contributed by atoms with van der Waals surface area (Å²) >= 11 is 0. The molecule has 4 nitrogen and oxygen atoms in total. The van der Waals surface area contributed by atoms with Crippen molar-refractivity contribution < 1.29 is 13.2 Å². The van der Waals surface area contributed by atoms with E-state index in [0.717, 1.165) is 6.42 Å². The second-order valence-corrected chi connectivity index (χ2v) is 8.45. The van der Waals surface area contributed by atoms with Crippen LogP contribution in [0.1, 0.15) is 35.2 Å². The molecule has 126 valence electrons. The SMILES string of the molecule is CCS(=O)(=O)c1cccc(C(=O)N(C)[C@H]2C[C@@H]2c2ccccc2)c1. The molecule has 0 aliphatic heterocycles. The number of hydrogen-bond acceptors (Lipinski definition) is 3. The van der Waals surface area contributed by atoms with E-state index in [1.807, 2.05) is 18.2 Å². The number of nitrogens with zero attached hydrogens (tertiary/aromatic N) is 1. The van der Waals surface area contributed by atoms with E-state index in [0.29, 0.717) is 11.5 Å². The van der Waals surface area contributed by atoms with Crippen LogP contribution in [0.2, 0.25) is 0 Å². The van der Waals surface area contributed by atoms with Gasteiger partial charge in [0.25, 0.3) is 5.91 Å². The lowest BCUT2D eigenvalue weighted by Crippen LogP contribution is -2.29. The van der Waals surface area contributed by atoms with Gasteiger partial charge in [0.2, 0.25) is 0 Å². The van der Waals surface area contributed by atoms with Crippen LogP contribution in [-0.2, 0) is 9.84 Å². The average Bonchev–Trinajstić information content (AvgIpc) is 3.42. The number of likely N-dealkylation sites (N-methyl/N-ethyl adjacent to an activating group) is 1. The van der Waals surface area contributed by atoms with Crippen molar-refractivity contribution in [3.63, 3.8) is 0 Å². The lowest BCUT2D eigenvalue weighted by molar-refractivity contribution is 0.0782. The van der Waals surface area contributed by atoms with Gasteiger partial charge in [-0.15, -0.1) is 0 Å². The van der Waals surface area contributed by atoms with Gasteiger partial charge in [-0.05, 0) is 30.2 Å². The number of carbonyl (C=O) groups is 1. The molecule has 1 aliphatic rings. The maximum atomic E-state index is 12.7. The van der Waals surface area contributed by atoms with Crippen molar-refractivity contribution >= 4 is 15.7 Å². The Morgan fingerprint density at radius 2 is 1.83 bits per heavy atom. The van der Waals surface area contributed by atoms with Crippen molar-refractivity contribution in [3.8, 4) is 0 Å². The molecule has 0 radical (unpaired) electrons. The van der Waals surface area contributed by atoms with E-state index in [4.69, 9.17) is 0 Å². The fraction of sp³-hybridized carbons (Fsp3) is 0.316. The second kappa shape index (κ2) is 6.40. The van der Waals surface area contributed by atoms with E-state index in [9.17, 15) is 13.2 Å². The molecule has 1 amide bonds. The maximum absolute atomic E-state index is 12.7. The van der Waals surface area contributed by atoms with E-state index < -0.39 is 9.84 Å². The lowest BCUT2D eigenvalue weighted by Gasteiger charge is -2.18. The minimum absolute atomic E-state index is 0.0270. The first-order chi connectivity index (χ1) is 11.4. The standard InChI is InChI=1S/C19H21NO3S/c1-3-24(22,23)16-11-7-10-15(12-16)19(21)20(2)18-13-17(18)14-8-5-4-6-9-14/h4-12,17-18H,3,13H2,1-2H3/t17-,18+/m1/s1. The van der Waals surface area contributed by atoms with Crippen molar-refractivity contribution in [1.29, 1.82) is 0 Å². The zero-order valence-corrected chi connectivity index (χ0v) is 14.7. The Bertz CT molecular complexity index is 846. The molecule has 0 spiro atoms. The number of amides is 1. The molecular weight excluding hydrogens is 322 g/mol. The first-order valence-electron chi connectivity index (χ1n) is 8.09. The van der Waals surface area contributed by atoms with E-state index in [2.05, 4.69) is 12.1 Å². The van der Waals surface area contributed by atoms with Crippen molar-refractivity contribution in [2.24, 2.45) is 0 Å². The molecule has 5 heteroatoms. The predicted octanol–water partition coefficient (Wildman–Crippen LogP) is 3.11. The molecule has 0 saturated heterocycles. The zero-order valence-electron chi connectivity index (χ0n) is 13.8. The molecule has 0 aromatic heterocycles. The first kappa shape index (κ1) is 16.7. The quantitative estimate of drug-likeness (QED) is 0.838. The van der Waals surface area contributed by atoms with Crippen LogP contribution in [0, 0.1) is 0 Å². The molecule has 24 heavy (non-hydrogen) atoms. The first-order valence-corrected chi connectivity index (χ1v) is 9.74. The summed E-state index contributed by atoms with van der Waals surface area (Å²) in [6.45, 7) is 1.60. The highest BCUT2D eigenvalue weighted by Gasteiger charge is 2.43. The molecule has 3 rings (SSSR count). The van der Waals surface area contributed by atoms with Crippen LogP contribution in [-0.4, -0.2) is 38.1 Å². The number of sulfone groups is 1. The number of hydrogen-bond donors (Lipinski definition) is 0. The third-order valence-corrected chi connectivity index (χ3v) is 6.35. The molecule has 1 fully saturated rings. The van der Waals surface area contributed by atoms with Crippen molar-refractivity contribution in [1.82, 2.24) is 4.90 Å². The summed E-state index contributed by atoms with van der Waals surface area (Å²) < 4.78 is 24.0.